The zero-order valence-electron chi connectivity index (χ0n) is 23.9. The lowest BCUT2D eigenvalue weighted by molar-refractivity contribution is -0.193. The topological polar surface area (TPSA) is 67.2 Å². The van der Waals surface area contributed by atoms with E-state index in [0.717, 1.165) is 0 Å². The summed E-state index contributed by atoms with van der Waals surface area (Å²) in [5.41, 5.74) is 1.33. The Morgan fingerprint density at radius 2 is 1.88 bits per heavy atom. The number of rotatable bonds is 10. The first-order chi connectivity index (χ1) is 19.4. The van der Waals surface area contributed by atoms with E-state index in [9.17, 15) is 32.6 Å². The van der Waals surface area contributed by atoms with Gasteiger partial charge in [-0.15, -0.1) is 0 Å². The van der Waals surface area contributed by atoms with E-state index in [-0.39, 0.29) is 50.1 Å². The van der Waals surface area contributed by atoms with Crippen molar-refractivity contribution in [3.05, 3.63) is 65.0 Å². The molecule has 0 saturated carbocycles. The Labute approximate surface area is 239 Å². The molecule has 2 aliphatic heterocycles. The Hall–Kier alpha value is -2.53. The summed E-state index contributed by atoms with van der Waals surface area (Å²) in [5, 5.41) is 19.6. The summed E-state index contributed by atoms with van der Waals surface area (Å²) >= 11 is 0. The molecule has 0 amide bonds. The number of benzene rings is 2. The molecule has 0 aliphatic carbocycles. The number of Topliss-reactive ketones (excluding diaryl/α,β-unsaturated/α-hetero) is 1. The fourth-order valence-electron chi connectivity index (χ4n) is 6.65. The van der Waals surface area contributed by atoms with E-state index in [1.807, 2.05) is 18.7 Å². The van der Waals surface area contributed by atoms with Gasteiger partial charge in [0.25, 0.3) is 0 Å². The predicted molar refractivity (Wildman–Crippen MR) is 149 cm³/mol. The summed E-state index contributed by atoms with van der Waals surface area (Å²) < 4.78 is 57.3. The van der Waals surface area contributed by atoms with Gasteiger partial charge in [0.1, 0.15) is 17.6 Å². The van der Waals surface area contributed by atoms with Gasteiger partial charge >= 0.3 is 6.18 Å². The molecule has 0 radical (unpaired) electrons. The van der Waals surface area contributed by atoms with Crippen LogP contribution in [-0.4, -0.2) is 94.5 Å². The third kappa shape index (κ3) is 7.10. The van der Waals surface area contributed by atoms with Crippen molar-refractivity contribution >= 4 is 5.78 Å². The highest BCUT2D eigenvalue weighted by Crippen LogP contribution is 2.44. The van der Waals surface area contributed by atoms with Gasteiger partial charge in [0, 0.05) is 50.2 Å². The second kappa shape index (κ2) is 13.2. The number of phenols is 1. The smallest absolute Gasteiger partial charge is 0.404 e. The Kier molecular flexibility index (Phi) is 10.1. The maximum Gasteiger partial charge on any atom is 0.404 e. The molecule has 10 heteroatoms. The predicted octanol–water partition coefficient (Wildman–Crippen LogP) is 5.18. The molecule has 2 aromatic carbocycles. The van der Waals surface area contributed by atoms with E-state index in [0.29, 0.717) is 42.7 Å². The molecule has 2 heterocycles. The summed E-state index contributed by atoms with van der Waals surface area (Å²) in [7, 11) is 0. The molecule has 0 spiro atoms. The number of likely N-dealkylation sites (tertiary alicyclic amines) is 2. The van der Waals surface area contributed by atoms with Crippen LogP contribution < -0.4 is 0 Å². The van der Waals surface area contributed by atoms with Crippen molar-refractivity contribution < 1.29 is 32.6 Å². The molecule has 2 saturated heterocycles. The van der Waals surface area contributed by atoms with Crippen molar-refractivity contribution in [1.29, 1.82) is 0 Å². The molecule has 226 valence electrons. The monoisotopic (exact) mass is 579 g/mol. The highest BCUT2D eigenvalue weighted by molar-refractivity contribution is 5.99. The van der Waals surface area contributed by atoms with Gasteiger partial charge in [-0.05, 0) is 75.3 Å². The van der Waals surface area contributed by atoms with Crippen LogP contribution in [0.25, 0.3) is 0 Å². The van der Waals surface area contributed by atoms with Crippen LogP contribution >= 0.6 is 0 Å². The first-order valence-corrected chi connectivity index (χ1v) is 14.4. The normalized spacial score (nSPS) is 24.4. The number of aliphatic hydroxyl groups excluding tert-OH is 1. The van der Waals surface area contributed by atoms with Crippen LogP contribution in [0, 0.1) is 18.7 Å². The first-order valence-electron chi connectivity index (χ1n) is 14.4. The van der Waals surface area contributed by atoms with E-state index in [2.05, 4.69) is 4.90 Å². The van der Waals surface area contributed by atoms with Crippen molar-refractivity contribution in [1.82, 2.24) is 14.7 Å². The second-order valence-corrected chi connectivity index (χ2v) is 11.6. The van der Waals surface area contributed by atoms with Gasteiger partial charge in [-0.25, -0.2) is 4.39 Å². The number of aromatic hydroxyl groups is 1. The third-order valence-corrected chi connectivity index (χ3v) is 8.83. The van der Waals surface area contributed by atoms with E-state index < -0.39 is 36.0 Å². The van der Waals surface area contributed by atoms with Gasteiger partial charge in [0.15, 0.2) is 5.78 Å². The standard InChI is InChI=1S/C31H41F4N3O3/c1-20(2)36(15-16-39)13-14-37-19-26(30(41)22-7-4-8-23(40)17-22)25(24-9-5-10-27(32)21(24)3)18-29(37)38-12-6-11-28(38)31(33,34)35/h4-5,7-10,17,20,25-26,28-29,39-40H,6,11-16,18-19H2,1-3H3/t25-,26-,28+,29+/m0/s1. The lowest BCUT2D eigenvalue weighted by Gasteiger charge is -2.49. The van der Waals surface area contributed by atoms with E-state index in [4.69, 9.17) is 0 Å². The fourth-order valence-corrected chi connectivity index (χ4v) is 6.65. The number of halogens is 4. The minimum absolute atomic E-state index is 0.0196. The van der Waals surface area contributed by atoms with E-state index >= 15 is 0 Å². The number of phenolic OH excluding ortho intramolecular Hbond substituents is 1. The van der Waals surface area contributed by atoms with Crippen LogP contribution in [0.2, 0.25) is 0 Å². The largest absolute Gasteiger partial charge is 0.508 e. The Morgan fingerprint density at radius 1 is 1.15 bits per heavy atom. The van der Waals surface area contributed by atoms with Crippen molar-refractivity contribution in [2.75, 3.05) is 39.3 Å². The quantitative estimate of drug-likeness (QED) is 0.299. The molecular weight excluding hydrogens is 538 g/mol. The van der Waals surface area contributed by atoms with Crippen LogP contribution in [0.4, 0.5) is 17.6 Å². The molecule has 6 nitrogen and oxygen atoms in total. The van der Waals surface area contributed by atoms with Crippen molar-refractivity contribution in [3.8, 4) is 5.75 Å². The zero-order chi connectivity index (χ0) is 29.9. The second-order valence-electron chi connectivity index (χ2n) is 11.6. The van der Waals surface area contributed by atoms with Crippen LogP contribution in [0.5, 0.6) is 5.75 Å². The van der Waals surface area contributed by atoms with Gasteiger partial charge in [-0.1, -0.05) is 24.3 Å². The molecule has 2 aliphatic rings. The minimum atomic E-state index is -4.39. The van der Waals surface area contributed by atoms with Gasteiger partial charge in [0.05, 0.1) is 12.8 Å². The summed E-state index contributed by atoms with van der Waals surface area (Å²) in [6, 6.07) is 9.31. The lowest BCUT2D eigenvalue weighted by Crippen LogP contribution is -2.60. The number of alkyl halides is 3. The van der Waals surface area contributed by atoms with Crippen LogP contribution in [0.1, 0.15) is 60.5 Å². The fraction of sp³-hybridized carbons (Fsp3) is 0.581. The summed E-state index contributed by atoms with van der Waals surface area (Å²) in [4.78, 5) is 19.6. The van der Waals surface area contributed by atoms with Gasteiger partial charge < -0.3 is 10.2 Å². The van der Waals surface area contributed by atoms with Gasteiger partial charge in [0.2, 0.25) is 0 Å². The Bertz CT molecular complexity index is 1190. The number of carbonyl (C=O) groups excluding carboxylic acids is 1. The number of piperidine rings is 1. The van der Waals surface area contributed by atoms with Gasteiger partial charge in [-0.2, -0.15) is 13.2 Å². The zero-order valence-corrected chi connectivity index (χ0v) is 23.9. The van der Waals surface area contributed by atoms with Crippen LogP contribution in [-0.2, 0) is 0 Å². The van der Waals surface area contributed by atoms with Gasteiger partial charge in [-0.3, -0.25) is 19.5 Å². The van der Waals surface area contributed by atoms with Crippen LogP contribution in [0.3, 0.4) is 0 Å². The number of carbonyl (C=O) groups is 1. The first kappa shape index (κ1) is 31.4. The number of nitrogens with zero attached hydrogens (tertiary/aromatic N) is 3. The molecule has 4 rings (SSSR count). The maximum absolute atomic E-state index is 14.8. The maximum atomic E-state index is 14.8. The lowest BCUT2D eigenvalue weighted by atomic mass is 9.74. The number of hydrogen-bond donors (Lipinski definition) is 2. The summed E-state index contributed by atoms with van der Waals surface area (Å²) in [6.45, 7) is 7.43. The van der Waals surface area contributed by atoms with Crippen molar-refractivity contribution in [2.24, 2.45) is 5.92 Å². The average Bonchev–Trinajstić information content (AvgIpc) is 3.42. The highest BCUT2D eigenvalue weighted by atomic mass is 19.4. The van der Waals surface area contributed by atoms with E-state index in [1.165, 1.54) is 23.1 Å². The molecule has 4 atom stereocenters. The van der Waals surface area contributed by atoms with Crippen molar-refractivity contribution in [2.45, 2.75) is 70.4 Å². The molecule has 0 unspecified atom stereocenters. The van der Waals surface area contributed by atoms with E-state index in [1.54, 1.807) is 31.2 Å². The van der Waals surface area contributed by atoms with Crippen molar-refractivity contribution in [3.63, 3.8) is 0 Å². The van der Waals surface area contributed by atoms with Crippen LogP contribution in [0.15, 0.2) is 42.5 Å². The summed E-state index contributed by atoms with van der Waals surface area (Å²) in [6.07, 6.45) is -4.32. The Balaban J connectivity index is 1.76. The Morgan fingerprint density at radius 3 is 2.54 bits per heavy atom. The molecule has 2 aromatic rings. The molecular formula is C31H41F4N3O3. The summed E-state index contributed by atoms with van der Waals surface area (Å²) in [5.74, 6) is -1.89. The number of aliphatic hydroxyl groups is 1. The molecule has 2 N–H and O–H groups in total. The highest BCUT2D eigenvalue weighted by Gasteiger charge is 2.51. The third-order valence-electron chi connectivity index (χ3n) is 8.83. The SMILES string of the molecule is Cc1c(F)cccc1[C@@H]1C[C@@H](N2CCC[C@@H]2C(F)(F)F)N(CCN(CCO)C(C)C)C[C@@H]1C(=O)c1cccc(O)c1. The minimum Gasteiger partial charge on any atom is -0.508 e. The molecule has 2 fully saturated rings. The average molecular weight is 580 g/mol. The molecule has 41 heavy (non-hydrogen) atoms. The number of ketones is 1. The molecule has 0 aromatic heterocycles. The molecule has 0 bridgehead atoms. The number of hydrogen-bond acceptors (Lipinski definition) is 6.